The molecule has 0 spiro atoms. The van der Waals surface area contributed by atoms with Crippen LogP contribution in [0.3, 0.4) is 0 Å². The summed E-state index contributed by atoms with van der Waals surface area (Å²) in [6.07, 6.45) is 0.192. The Morgan fingerprint density at radius 3 is 2.13 bits per heavy atom. The number of nitrogens with one attached hydrogen (secondary N) is 1. The van der Waals surface area contributed by atoms with Crippen molar-refractivity contribution in [3.05, 3.63) is 107 Å². The van der Waals surface area contributed by atoms with Crippen molar-refractivity contribution in [3.8, 4) is 0 Å². The van der Waals surface area contributed by atoms with Crippen LogP contribution in [0.4, 0.5) is 4.39 Å². The lowest BCUT2D eigenvalue weighted by atomic mass is 10.1. The predicted octanol–water partition coefficient (Wildman–Crippen LogP) is 4.41. The van der Waals surface area contributed by atoms with E-state index in [1.54, 1.807) is 24.0 Å². The highest BCUT2D eigenvalue weighted by Crippen LogP contribution is 2.13. The number of aryl methyl sites for hydroxylation is 1. The van der Waals surface area contributed by atoms with E-state index in [1.807, 2.05) is 61.5 Å². The number of amides is 2. The molecule has 5 heteroatoms. The molecule has 3 aromatic carbocycles. The molecule has 1 atom stereocenters. The third-order valence-electron chi connectivity index (χ3n) is 5.22. The van der Waals surface area contributed by atoms with E-state index in [0.29, 0.717) is 6.54 Å². The molecule has 0 bridgehead atoms. The number of rotatable bonds is 8. The second-order valence-electron chi connectivity index (χ2n) is 7.69. The standard InChI is InChI=1S/C26H27FN2O2/c1-19-8-10-22(11-9-19)17-28-26(31)20(2)29(18-23-12-14-24(27)15-13-23)25(30)16-21-6-4-3-5-7-21/h3-15,20H,16-18H2,1-2H3,(H,28,31)/t20-/m1/s1. The lowest BCUT2D eigenvalue weighted by Crippen LogP contribution is -2.48. The Bertz CT molecular complexity index is 1000. The van der Waals surface area contributed by atoms with Crippen LogP contribution in [0.25, 0.3) is 0 Å². The molecule has 0 unspecified atom stereocenters. The van der Waals surface area contributed by atoms with Crippen molar-refractivity contribution in [1.82, 2.24) is 10.2 Å². The minimum absolute atomic E-state index is 0.159. The van der Waals surface area contributed by atoms with Gasteiger partial charge in [-0.2, -0.15) is 0 Å². The number of nitrogens with zero attached hydrogens (tertiary/aromatic N) is 1. The lowest BCUT2D eigenvalue weighted by Gasteiger charge is -2.29. The number of hydrogen-bond donors (Lipinski definition) is 1. The van der Waals surface area contributed by atoms with E-state index in [2.05, 4.69) is 5.32 Å². The minimum Gasteiger partial charge on any atom is -0.350 e. The summed E-state index contributed by atoms with van der Waals surface area (Å²) in [4.78, 5) is 27.5. The quantitative estimate of drug-likeness (QED) is 0.589. The van der Waals surface area contributed by atoms with Gasteiger partial charge in [-0.25, -0.2) is 4.39 Å². The second kappa shape index (κ2) is 10.5. The van der Waals surface area contributed by atoms with Gasteiger partial charge in [0.25, 0.3) is 0 Å². The first-order valence-electron chi connectivity index (χ1n) is 10.3. The fourth-order valence-corrected chi connectivity index (χ4v) is 3.28. The molecule has 31 heavy (non-hydrogen) atoms. The van der Waals surface area contributed by atoms with E-state index in [1.165, 1.54) is 12.1 Å². The highest BCUT2D eigenvalue weighted by atomic mass is 19.1. The summed E-state index contributed by atoms with van der Waals surface area (Å²) in [5, 5.41) is 2.92. The monoisotopic (exact) mass is 418 g/mol. The maximum Gasteiger partial charge on any atom is 0.242 e. The van der Waals surface area contributed by atoms with Gasteiger partial charge in [0.15, 0.2) is 0 Å². The van der Waals surface area contributed by atoms with Crippen molar-refractivity contribution in [2.24, 2.45) is 0 Å². The first-order chi connectivity index (χ1) is 14.9. The first-order valence-corrected chi connectivity index (χ1v) is 10.3. The zero-order valence-electron chi connectivity index (χ0n) is 17.8. The molecule has 4 nitrogen and oxygen atoms in total. The zero-order chi connectivity index (χ0) is 22.2. The maximum absolute atomic E-state index is 13.3. The first kappa shape index (κ1) is 22.2. The lowest BCUT2D eigenvalue weighted by molar-refractivity contribution is -0.140. The van der Waals surface area contributed by atoms with Crippen molar-refractivity contribution in [1.29, 1.82) is 0 Å². The number of carbonyl (C=O) groups is 2. The molecular weight excluding hydrogens is 391 g/mol. The van der Waals surface area contributed by atoms with Crippen molar-refractivity contribution in [2.45, 2.75) is 39.4 Å². The Labute approximate surface area is 182 Å². The van der Waals surface area contributed by atoms with Crippen LogP contribution in [0.5, 0.6) is 0 Å². The molecular formula is C26H27FN2O2. The predicted molar refractivity (Wildman–Crippen MR) is 120 cm³/mol. The topological polar surface area (TPSA) is 49.4 Å². The Hall–Kier alpha value is -3.47. The van der Waals surface area contributed by atoms with Crippen LogP contribution in [0.2, 0.25) is 0 Å². The van der Waals surface area contributed by atoms with E-state index >= 15 is 0 Å². The fourth-order valence-electron chi connectivity index (χ4n) is 3.28. The largest absolute Gasteiger partial charge is 0.350 e. The van der Waals surface area contributed by atoms with Crippen molar-refractivity contribution in [2.75, 3.05) is 0 Å². The average Bonchev–Trinajstić information content (AvgIpc) is 2.78. The van der Waals surface area contributed by atoms with E-state index < -0.39 is 6.04 Å². The van der Waals surface area contributed by atoms with Gasteiger partial charge in [-0.05, 0) is 42.7 Å². The average molecular weight is 419 g/mol. The van der Waals surface area contributed by atoms with Crippen molar-refractivity contribution < 1.29 is 14.0 Å². The Balaban J connectivity index is 1.72. The van der Waals surface area contributed by atoms with Gasteiger partial charge in [0.1, 0.15) is 11.9 Å². The van der Waals surface area contributed by atoms with Gasteiger partial charge in [0, 0.05) is 13.1 Å². The van der Waals surface area contributed by atoms with Gasteiger partial charge in [-0.3, -0.25) is 9.59 Å². The Kier molecular flexibility index (Phi) is 7.55. The molecule has 1 N–H and O–H groups in total. The third kappa shape index (κ3) is 6.51. The van der Waals surface area contributed by atoms with Gasteiger partial charge in [0.05, 0.1) is 6.42 Å². The van der Waals surface area contributed by atoms with Gasteiger partial charge < -0.3 is 10.2 Å². The SMILES string of the molecule is Cc1ccc(CNC(=O)[C@@H](C)N(Cc2ccc(F)cc2)C(=O)Cc2ccccc2)cc1. The maximum atomic E-state index is 13.3. The van der Waals surface area contributed by atoms with E-state index in [0.717, 1.165) is 22.3 Å². The Morgan fingerprint density at radius 2 is 1.48 bits per heavy atom. The van der Waals surface area contributed by atoms with Crippen LogP contribution in [-0.4, -0.2) is 22.8 Å². The summed E-state index contributed by atoms with van der Waals surface area (Å²) in [5.74, 6) is -0.729. The fraction of sp³-hybridized carbons (Fsp3) is 0.231. The summed E-state index contributed by atoms with van der Waals surface area (Å²) in [5.41, 5.74) is 3.79. The Morgan fingerprint density at radius 1 is 0.871 bits per heavy atom. The summed E-state index contributed by atoms with van der Waals surface area (Å²) < 4.78 is 13.3. The number of benzene rings is 3. The molecule has 0 fully saturated rings. The molecule has 0 aliphatic carbocycles. The molecule has 2 amide bonds. The summed E-state index contributed by atoms with van der Waals surface area (Å²) in [6, 6.07) is 22.7. The summed E-state index contributed by atoms with van der Waals surface area (Å²) >= 11 is 0. The molecule has 0 radical (unpaired) electrons. The van der Waals surface area contributed by atoms with Crippen molar-refractivity contribution in [3.63, 3.8) is 0 Å². The van der Waals surface area contributed by atoms with E-state index in [9.17, 15) is 14.0 Å². The van der Waals surface area contributed by atoms with E-state index in [4.69, 9.17) is 0 Å². The summed E-state index contributed by atoms with van der Waals surface area (Å²) in [6.45, 7) is 4.35. The number of hydrogen-bond acceptors (Lipinski definition) is 2. The van der Waals surface area contributed by atoms with Crippen LogP contribution in [0.15, 0.2) is 78.9 Å². The van der Waals surface area contributed by atoms with Crippen LogP contribution >= 0.6 is 0 Å². The number of halogens is 1. The molecule has 0 aliphatic rings. The zero-order valence-corrected chi connectivity index (χ0v) is 17.8. The second-order valence-corrected chi connectivity index (χ2v) is 7.69. The summed E-state index contributed by atoms with van der Waals surface area (Å²) in [7, 11) is 0. The normalized spacial score (nSPS) is 11.6. The molecule has 160 valence electrons. The van der Waals surface area contributed by atoms with Crippen LogP contribution < -0.4 is 5.32 Å². The minimum atomic E-state index is -0.674. The molecule has 0 saturated heterocycles. The molecule has 3 rings (SSSR count). The van der Waals surface area contributed by atoms with Crippen LogP contribution in [-0.2, 0) is 29.1 Å². The molecule has 0 saturated carbocycles. The highest BCUT2D eigenvalue weighted by molar-refractivity contribution is 5.88. The molecule has 0 aromatic heterocycles. The highest BCUT2D eigenvalue weighted by Gasteiger charge is 2.26. The number of carbonyl (C=O) groups excluding carboxylic acids is 2. The third-order valence-corrected chi connectivity index (χ3v) is 5.22. The molecule has 0 aliphatic heterocycles. The van der Waals surface area contributed by atoms with Gasteiger partial charge in [-0.1, -0.05) is 72.3 Å². The van der Waals surface area contributed by atoms with Crippen LogP contribution in [0.1, 0.15) is 29.2 Å². The molecule has 3 aromatic rings. The van der Waals surface area contributed by atoms with Gasteiger partial charge in [0.2, 0.25) is 11.8 Å². The van der Waals surface area contributed by atoms with Crippen LogP contribution in [0, 0.1) is 12.7 Å². The van der Waals surface area contributed by atoms with Crippen molar-refractivity contribution >= 4 is 11.8 Å². The van der Waals surface area contributed by atoms with E-state index in [-0.39, 0.29) is 30.6 Å². The smallest absolute Gasteiger partial charge is 0.242 e. The molecule has 0 heterocycles. The van der Waals surface area contributed by atoms with Gasteiger partial charge in [-0.15, -0.1) is 0 Å². The van der Waals surface area contributed by atoms with Gasteiger partial charge >= 0.3 is 0 Å².